The van der Waals surface area contributed by atoms with Gasteiger partial charge in [0, 0.05) is 0 Å². The normalized spacial score (nSPS) is 15.3. The summed E-state index contributed by atoms with van der Waals surface area (Å²) < 4.78 is 12.0. The monoisotopic (exact) mass is 552 g/mol. The topological polar surface area (TPSA) is 97.2 Å². The molecular weight excluding hydrogens is 532 g/mol. The van der Waals surface area contributed by atoms with E-state index in [-0.39, 0.29) is 18.1 Å². The highest BCUT2D eigenvalue weighted by Crippen LogP contribution is 2.32. The molecule has 1 heterocycles. The molecule has 7 nitrogen and oxygen atoms in total. The molecule has 3 aromatic carbocycles. The Morgan fingerprint density at radius 3 is 2.63 bits per heavy atom. The summed E-state index contributed by atoms with van der Waals surface area (Å²) in [5.74, 6) is 0.183. The van der Waals surface area contributed by atoms with Crippen LogP contribution in [0.15, 0.2) is 81.1 Å². The zero-order valence-electron chi connectivity index (χ0n) is 18.7. The van der Waals surface area contributed by atoms with E-state index in [1.807, 2.05) is 49.4 Å². The second kappa shape index (κ2) is 11.2. The lowest BCUT2D eigenvalue weighted by molar-refractivity contribution is -0.115. The number of amidine groups is 1. The van der Waals surface area contributed by atoms with Crippen molar-refractivity contribution in [3.05, 3.63) is 92.8 Å². The zero-order chi connectivity index (χ0) is 24.8. The van der Waals surface area contributed by atoms with Gasteiger partial charge < -0.3 is 19.9 Å². The Kier molecular flexibility index (Phi) is 7.89. The van der Waals surface area contributed by atoms with E-state index in [1.165, 1.54) is 17.8 Å². The van der Waals surface area contributed by atoms with E-state index in [9.17, 15) is 9.59 Å². The lowest BCUT2D eigenvalue weighted by Gasteiger charge is -2.09. The van der Waals surface area contributed by atoms with Crippen LogP contribution in [-0.4, -0.2) is 28.8 Å². The van der Waals surface area contributed by atoms with Crippen LogP contribution in [0.2, 0.25) is 0 Å². The maximum absolute atomic E-state index is 12.4. The Balaban J connectivity index is 1.42. The van der Waals surface area contributed by atoms with Gasteiger partial charge in [-0.1, -0.05) is 18.2 Å². The van der Waals surface area contributed by atoms with E-state index in [1.54, 1.807) is 24.3 Å². The molecule has 0 radical (unpaired) electrons. The van der Waals surface area contributed by atoms with Crippen molar-refractivity contribution in [2.24, 2.45) is 4.99 Å². The number of carbonyl (C=O) groups is 2. The highest BCUT2D eigenvalue weighted by Gasteiger charge is 2.24. The fraction of sp³-hybridized carbons (Fsp3) is 0.115. The van der Waals surface area contributed by atoms with E-state index in [2.05, 4.69) is 26.2 Å². The lowest BCUT2D eigenvalue weighted by atomic mass is 10.1. The summed E-state index contributed by atoms with van der Waals surface area (Å²) in [4.78, 5) is 28.6. The first kappa shape index (κ1) is 24.6. The van der Waals surface area contributed by atoms with Crippen LogP contribution < -0.4 is 14.8 Å². The number of amides is 1. The van der Waals surface area contributed by atoms with Crippen molar-refractivity contribution < 1.29 is 24.2 Å². The molecule has 0 aliphatic carbocycles. The Hall–Kier alpha value is -3.56. The molecule has 3 aromatic rings. The number of aromatic carboxylic acids is 1. The van der Waals surface area contributed by atoms with Crippen LogP contribution in [-0.2, 0) is 11.4 Å². The number of aliphatic imine (C=N–C) groups is 1. The van der Waals surface area contributed by atoms with E-state index < -0.39 is 5.97 Å². The molecule has 1 aliphatic rings. The predicted octanol–water partition coefficient (Wildman–Crippen LogP) is 6.02. The molecule has 1 amide bonds. The third kappa shape index (κ3) is 6.52. The van der Waals surface area contributed by atoms with Gasteiger partial charge in [-0.15, -0.1) is 0 Å². The molecule has 178 valence electrons. The zero-order valence-corrected chi connectivity index (χ0v) is 21.1. The maximum atomic E-state index is 12.4. The van der Waals surface area contributed by atoms with Gasteiger partial charge in [0.2, 0.25) is 0 Å². The van der Waals surface area contributed by atoms with Crippen LogP contribution in [0, 0.1) is 0 Å². The van der Waals surface area contributed by atoms with Gasteiger partial charge in [0.05, 0.1) is 27.2 Å². The largest absolute Gasteiger partial charge is 0.494 e. The fourth-order valence-corrected chi connectivity index (χ4v) is 4.56. The number of benzene rings is 3. The number of hydrogen-bond donors (Lipinski definition) is 2. The number of thioether (sulfide) groups is 1. The molecule has 4 rings (SSSR count). The first-order valence-corrected chi connectivity index (χ1v) is 12.3. The fourth-order valence-electron chi connectivity index (χ4n) is 3.21. The molecule has 0 atom stereocenters. The smallest absolute Gasteiger partial charge is 0.335 e. The molecule has 2 N–H and O–H groups in total. The van der Waals surface area contributed by atoms with Gasteiger partial charge in [0.15, 0.2) is 5.17 Å². The van der Waals surface area contributed by atoms with Crippen LogP contribution in [0.4, 0.5) is 5.69 Å². The quantitative estimate of drug-likeness (QED) is 0.332. The first-order valence-electron chi connectivity index (χ1n) is 10.7. The number of nitrogens with zero attached hydrogens (tertiary/aromatic N) is 1. The van der Waals surface area contributed by atoms with Crippen molar-refractivity contribution in [3.63, 3.8) is 0 Å². The summed E-state index contributed by atoms with van der Waals surface area (Å²) in [7, 11) is 0. The van der Waals surface area contributed by atoms with Crippen LogP contribution in [0.5, 0.6) is 11.5 Å². The number of carboxylic acids is 1. The highest BCUT2D eigenvalue weighted by atomic mass is 79.9. The summed E-state index contributed by atoms with van der Waals surface area (Å²) in [5.41, 5.74) is 2.50. The second-order valence-corrected chi connectivity index (χ2v) is 9.28. The molecule has 35 heavy (non-hydrogen) atoms. The Morgan fingerprint density at radius 1 is 1.11 bits per heavy atom. The first-order chi connectivity index (χ1) is 16.9. The second-order valence-electron chi connectivity index (χ2n) is 7.39. The van der Waals surface area contributed by atoms with E-state index in [4.69, 9.17) is 14.6 Å². The van der Waals surface area contributed by atoms with Crippen molar-refractivity contribution in [3.8, 4) is 11.5 Å². The minimum atomic E-state index is -0.980. The third-order valence-electron chi connectivity index (χ3n) is 4.85. The van der Waals surface area contributed by atoms with Crippen molar-refractivity contribution in [1.29, 1.82) is 0 Å². The molecule has 1 aliphatic heterocycles. The molecule has 0 spiro atoms. The van der Waals surface area contributed by atoms with Crippen LogP contribution in [0.3, 0.4) is 0 Å². The number of halogens is 1. The molecule has 1 fully saturated rings. The van der Waals surface area contributed by atoms with Gasteiger partial charge in [0.25, 0.3) is 5.91 Å². The minimum Gasteiger partial charge on any atom is -0.494 e. The number of ether oxygens (including phenoxy) is 2. The molecule has 1 saturated heterocycles. The molecular formula is C26H21BrN2O5S. The Labute approximate surface area is 215 Å². The third-order valence-corrected chi connectivity index (χ3v) is 6.38. The van der Waals surface area contributed by atoms with Gasteiger partial charge in [-0.25, -0.2) is 9.79 Å². The summed E-state index contributed by atoms with van der Waals surface area (Å²) in [6.45, 7) is 2.75. The minimum absolute atomic E-state index is 0.213. The summed E-state index contributed by atoms with van der Waals surface area (Å²) in [6, 6.07) is 19.4. The van der Waals surface area contributed by atoms with Gasteiger partial charge in [-0.2, -0.15) is 0 Å². The van der Waals surface area contributed by atoms with Crippen LogP contribution >= 0.6 is 27.7 Å². The number of rotatable bonds is 8. The predicted molar refractivity (Wildman–Crippen MR) is 140 cm³/mol. The van der Waals surface area contributed by atoms with Gasteiger partial charge in [-0.3, -0.25) is 4.79 Å². The summed E-state index contributed by atoms with van der Waals surface area (Å²) >= 11 is 4.78. The Morgan fingerprint density at radius 2 is 1.91 bits per heavy atom. The highest BCUT2D eigenvalue weighted by molar-refractivity contribution is 9.10. The summed E-state index contributed by atoms with van der Waals surface area (Å²) in [6.07, 6.45) is 1.78. The van der Waals surface area contributed by atoms with Gasteiger partial charge >= 0.3 is 5.97 Å². The molecule has 9 heteroatoms. The number of nitrogens with one attached hydrogen (secondary N) is 1. The van der Waals surface area contributed by atoms with E-state index in [0.29, 0.717) is 26.9 Å². The average molecular weight is 553 g/mol. The standard InChI is InChI=1S/C26H21BrN2O5S/c1-2-33-20-9-7-19(8-10-20)28-26-29-24(30)23(35-26)14-16-6-11-22(21(27)13-16)34-15-17-4-3-5-18(12-17)25(31)32/h3-14H,2,15H2,1H3,(H,31,32)(H,28,29,30)/b23-14+. The molecule has 0 bridgehead atoms. The molecule has 0 saturated carbocycles. The SMILES string of the molecule is CCOc1ccc(N=C2NC(=O)/C(=C\c3ccc(OCc4cccc(C(=O)O)c4)c(Br)c3)S2)cc1. The van der Waals surface area contributed by atoms with E-state index in [0.717, 1.165) is 22.6 Å². The van der Waals surface area contributed by atoms with Crippen LogP contribution in [0.1, 0.15) is 28.4 Å². The van der Waals surface area contributed by atoms with Crippen molar-refractivity contribution in [1.82, 2.24) is 5.32 Å². The number of hydrogen-bond acceptors (Lipinski definition) is 6. The average Bonchev–Trinajstić information content (AvgIpc) is 3.18. The van der Waals surface area contributed by atoms with Crippen molar-refractivity contribution in [2.45, 2.75) is 13.5 Å². The maximum Gasteiger partial charge on any atom is 0.335 e. The van der Waals surface area contributed by atoms with Crippen LogP contribution in [0.25, 0.3) is 6.08 Å². The molecule has 0 aromatic heterocycles. The van der Waals surface area contributed by atoms with E-state index >= 15 is 0 Å². The molecule has 0 unspecified atom stereocenters. The van der Waals surface area contributed by atoms with Gasteiger partial charge in [0.1, 0.15) is 18.1 Å². The lowest BCUT2D eigenvalue weighted by Crippen LogP contribution is -2.19. The van der Waals surface area contributed by atoms with Crippen molar-refractivity contribution in [2.75, 3.05) is 6.61 Å². The summed E-state index contributed by atoms with van der Waals surface area (Å²) in [5, 5.41) is 12.4. The number of carboxylic acid groups (broad SMARTS) is 1. The Bertz CT molecular complexity index is 1320. The number of carbonyl (C=O) groups excluding carboxylic acids is 1. The van der Waals surface area contributed by atoms with Gasteiger partial charge in [-0.05, 0) is 100 Å². The van der Waals surface area contributed by atoms with Crippen molar-refractivity contribution >= 4 is 56.5 Å².